The standard InChI is InChI=1S/C19H17FN2O2S/c1-11-4-5-14(10-16(11)20)18(23)22-19-21-17(12(2)25-19)13-6-8-15(24-3)9-7-13/h4-10H,1-3H3,(H,21,22,23). The number of rotatable bonds is 4. The van der Waals surface area contributed by atoms with Gasteiger partial charge in [0.15, 0.2) is 5.13 Å². The van der Waals surface area contributed by atoms with Crippen molar-refractivity contribution in [3.63, 3.8) is 0 Å². The summed E-state index contributed by atoms with van der Waals surface area (Å²) in [6.45, 7) is 3.60. The Labute approximate surface area is 149 Å². The molecule has 0 saturated carbocycles. The van der Waals surface area contributed by atoms with Gasteiger partial charge in [-0.3, -0.25) is 10.1 Å². The zero-order valence-electron chi connectivity index (χ0n) is 14.1. The van der Waals surface area contributed by atoms with Gasteiger partial charge in [0.25, 0.3) is 5.91 Å². The molecule has 0 bridgehead atoms. The van der Waals surface area contributed by atoms with E-state index in [0.29, 0.717) is 10.7 Å². The van der Waals surface area contributed by atoms with Crippen LogP contribution in [0, 0.1) is 19.7 Å². The molecule has 0 unspecified atom stereocenters. The molecule has 0 fully saturated rings. The van der Waals surface area contributed by atoms with Crippen LogP contribution in [0.25, 0.3) is 11.3 Å². The second-order valence-electron chi connectivity index (χ2n) is 5.57. The van der Waals surface area contributed by atoms with Gasteiger partial charge in [-0.2, -0.15) is 0 Å². The molecule has 0 aliphatic carbocycles. The lowest BCUT2D eigenvalue weighted by molar-refractivity contribution is 0.102. The number of nitrogens with zero attached hydrogens (tertiary/aromatic N) is 1. The Balaban J connectivity index is 1.81. The van der Waals surface area contributed by atoms with Gasteiger partial charge in [0.1, 0.15) is 11.6 Å². The molecular formula is C19H17FN2O2S. The average molecular weight is 356 g/mol. The van der Waals surface area contributed by atoms with Crippen LogP contribution in [-0.2, 0) is 0 Å². The van der Waals surface area contributed by atoms with Gasteiger partial charge in [-0.25, -0.2) is 9.37 Å². The summed E-state index contributed by atoms with van der Waals surface area (Å²) >= 11 is 1.38. The minimum atomic E-state index is -0.401. The van der Waals surface area contributed by atoms with Gasteiger partial charge in [0.05, 0.1) is 12.8 Å². The number of anilines is 1. The summed E-state index contributed by atoms with van der Waals surface area (Å²) in [5.41, 5.74) is 2.51. The summed E-state index contributed by atoms with van der Waals surface area (Å²) in [6, 6.07) is 12.0. The van der Waals surface area contributed by atoms with Crippen molar-refractivity contribution < 1.29 is 13.9 Å². The largest absolute Gasteiger partial charge is 0.497 e. The Morgan fingerprint density at radius 3 is 2.52 bits per heavy atom. The quantitative estimate of drug-likeness (QED) is 0.729. The third-order valence-corrected chi connectivity index (χ3v) is 4.70. The maximum absolute atomic E-state index is 13.6. The summed E-state index contributed by atoms with van der Waals surface area (Å²) < 4.78 is 18.8. The SMILES string of the molecule is COc1ccc(-c2nc(NC(=O)c3ccc(C)c(F)c3)sc2C)cc1. The number of carbonyl (C=O) groups excluding carboxylic acids is 1. The molecule has 1 aromatic heterocycles. The predicted molar refractivity (Wildman–Crippen MR) is 97.9 cm³/mol. The van der Waals surface area contributed by atoms with Crippen molar-refractivity contribution in [2.75, 3.05) is 12.4 Å². The Hall–Kier alpha value is -2.73. The molecule has 3 aromatic rings. The minimum Gasteiger partial charge on any atom is -0.497 e. The van der Waals surface area contributed by atoms with Crippen molar-refractivity contribution in [1.29, 1.82) is 0 Å². The number of ether oxygens (including phenoxy) is 1. The minimum absolute atomic E-state index is 0.266. The van der Waals surface area contributed by atoms with Crippen LogP contribution in [0.1, 0.15) is 20.8 Å². The van der Waals surface area contributed by atoms with E-state index in [-0.39, 0.29) is 11.5 Å². The number of nitrogens with one attached hydrogen (secondary N) is 1. The number of methoxy groups -OCH3 is 1. The molecule has 2 aromatic carbocycles. The van der Waals surface area contributed by atoms with Gasteiger partial charge in [-0.1, -0.05) is 6.07 Å². The van der Waals surface area contributed by atoms with Crippen molar-refractivity contribution in [2.45, 2.75) is 13.8 Å². The highest BCUT2D eigenvalue weighted by molar-refractivity contribution is 7.16. The van der Waals surface area contributed by atoms with E-state index in [1.807, 2.05) is 31.2 Å². The van der Waals surface area contributed by atoms with Crippen LogP contribution in [0.3, 0.4) is 0 Å². The van der Waals surface area contributed by atoms with Crippen LogP contribution >= 0.6 is 11.3 Å². The fraction of sp³-hybridized carbons (Fsp3) is 0.158. The smallest absolute Gasteiger partial charge is 0.257 e. The van der Waals surface area contributed by atoms with E-state index in [0.717, 1.165) is 21.9 Å². The van der Waals surface area contributed by atoms with Crippen LogP contribution < -0.4 is 10.1 Å². The Bertz CT molecular complexity index is 920. The molecule has 0 aliphatic heterocycles. The molecule has 1 N–H and O–H groups in total. The van der Waals surface area contributed by atoms with Crippen LogP contribution in [0.5, 0.6) is 5.75 Å². The summed E-state index contributed by atoms with van der Waals surface area (Å²) in [7, 11) is 1.62. The van der Waals surface area contributed by atoms with E-state index < -0.39 is 5.82 Å². The Morgan fingerprint density at radius 1 is 1.16 bits per heavy atom. The van der Waals surface area contributed by atoms with E-state index in [9.17, 15) is 9.18 Å². The topological polar surface area (TPSA) is 51.2 Å². The molecule has 3 rings (SSSR count). The normalized spacial score (nSPS) is 10.6. The third-order valence-electron chi connectivity index (χ3n) is 3.81. The summed E-state index contributed by atoms with van der Waals surface area (Å²) in [4.78, 5) is 17.8. The van der Waals surface area contributed by atoms with Gasteiger partial charge in [0.2, 0.25) is 0 Å². The van der Waals surface area contributed by atoms with Gasteiger partial charge in [0, 0.05) is 16.0 Å². The molecule has 1 amide bonds. The maximum atomic E-state index is 13.6. The molecule has 0 atom stereocenters. The monoisotopic (exact) mass is 356 g/mol. The molecule has 0 radical (unpaired) electrons. The van der Waals surface area contributed by atoms with Gasteiger partial charge < -0.3 is 4.74 Å². The van der Waals surface area contributed by atoms with Crippen molar-refractivity contribution in [3.05, 3.63) is 64.3 Å². The lowest BCUT2D eigenvalue weighted by Gasteiger charge is -2.03. The van der Waals surface area contributed by atoms with E-state index in [1.165, 1.54) is 17.4 Å². The number of benzene rings is 2. The first-order valence-electron chi connectivity index (χ1n) is 7.67. The first kappa shape index (κ1) is 17.1. The number of hydrogen-bond acceptors (Lipinski definition) is 4. The number of carbonyl (C=O) groups is 1. The number of thiazole rings is 1. The van der Waals surface area contributed by atoms with Crippen molar-refractivity contribution in [3.8, 4) is 17.0 Å². The van der Waals surface area contributed by atoms with E-state index in [4.69, 9.17) is 4.74 Å². The van der Waals surface area contributed by atoms with Gasteiger partial charge in [-0.05, 0) is 55.8 Å². The highest BCUT2D eigenvalue weighted by Crippen LogP contribution is 2.31. The van der Waals surface area contributed by atoms with Crippen molar-refractivity contribution in [2.24, 2.45) is 0 Å². The molecular weight excluding hydrogens is 339 g/mol. The first-order valence-corrected chi connectivity index (χ1v) is 8.49. The van der Waals surface area contributed by atoms with E-state index >= 15 is 0 Å². The number of amides is 1. The fourth-order valence-electron chi connectivity index (χ4n) is 2.37. The zero-order chi connectivity index (χ0) is 18.0. The van der Waals surface area contributed by atoms with Gasteiger partial charge >= 0.3 is 0 Å². The van der Waals surface area contributed by atoms with E-state index in [1.54, 1.807) is 26.2 Å². The molecule has 128 valence electrons. The highest BCUT2D eigenvalue weighted by Gasteiger charge is 2.14. The van der Waals surface area contributed by atoms with Crippen LogP contribution in [0.2, 0.25) is 0 Å². The number of hydrogen-bond donors (Lipinski definition) is 1. The second kappa shape index (κ2) is 7.03. The lowest BCUT2D eigenvalue weighted by Crippen LogP contribution is -2.12. The number of aryl methyl sites for hydroxylation is 2. The summed E-state index contributed by atoms with van der Waals surface area (Å²) in [5, 5.41) is 3.22. The van der Waals surface area contributed by atoms with E-state index in [2.05, 4.69) is 10.3 Å². The molecule has 6 heteroatoms. The maximum Gasteiger partial charge on any atom is 0.257 e. The highest BCUT2D eigenvalue weighted by atomic mass is 32.1. The predicted octanol–water partition coefficient (Wildman–Crippen LogP) is 4.83. The fourth-order valence-corrected chi connectivity index (χ4v) is 3.20. The number of aromatic nitrogens is 1. The van der Waals surface area contributed by atoms with Crippen LogP contribution in [0.4, 0.5) is 9.52 Å². The van der Waals surface area contributed by atoms with Crippen molar-refractivity contribution >= 4 is 22.4 Å². The second-order valence-corrected chi connectivity index (χ2v) is 6.77. The number of halogens is 1. The first-order chi connectivity index (χ1) is 12.0. The van der Waals surface area contributed by atoms with Gasteiger partial charge in [-0.15, -0.1) is 11.3 Å². The molecule has 25 heavy (non-hydrogen) atoms. The molecule has 1 heterocycles. The lowest BCUT2D eigenvalue weighted by atomic mass is 10.1. The Kier molecular flexibility index (Phi) is 4.81. The summed E-state index contributed by atoms with van der Waals surface area (Å²) in [5.74, 6) is -0.0117. The molecule has 4 nitrogen and oxygen atoms in total. The molecule has 0 aliphatic rings. The molecule has 0 saturated heterocycles. The molecule has 0 spiro atoms. The van der Waals surface area contributed by atoms with Crippen molar-refractivity contribution in [1.82, 2.24) is 4.98 Å². The Morgan fingerprint density at radius 2 is 1.88 bits per heavy atom. The summed E-state index contributed by atoms with van der Waals surface area (Å²) in [6.07, 6.45) is 0. The average Bonchev–Trinajstić information content (AvgIpc) is 2.97. The van der Waals surface area contributed by atoms with Crippen LogP contribution in [-0.4, -0.2) is 18.0 Å². The zero-order valence-corrected chi connectivity index (χ0v) is 14.9. The van der Waals surface area contributed by atoms with Crippen LogP contribution in [0.15, 0.2) is 42.5 Å². The third kappa shape index (κ3) is 3.69.